The van der Waals surface area contributed by atoms with Gasteiger partial charge in [-0.2, -0.15) is 0 Å². The standard InChI is InChI=1S/C15H23ClN2O2/c1-15(2,3)18-9-11-8-14(17-10-13(11)16)20-12-4-6-19-7-5-12/h8,10,12,18H,4-7,9H2,1-3H3. The minimum atomic E-state index is 0.0499. The van der Waals surface area contributed by atoms with E-state index >= 15 is 0 Å². The minimum absolute atomic E-state index is 0.0499. The van der Waals surface area contributed by atoms with Crippen LogP contribution in [0.25, 0.3) is 0 Å². The summed E-state index contributed by atoms with van der Waals surface area (Å²) in [6.07, 6.45) is 3.69. The quantitative estimate of drug-likeness (QED) is 0.927. The summed E-state index contributed by atoms with van der Waals surface area (Å²) < 4.78 is 11.2. The van der Waals surface area contributed by atoms with E-state index in [1.807, 2.05) is 6.07 Å². The lowest BCUT2D eigenvalue weighted by Gasteiger charge is -2.24. The molecule has 1 aromatic heterocycles. The summed E-state index contributed by atoms with van der Waals surface area (Å²) in [6.45, 7) is 8.60. The molecule has 0 bridgehead atoms. The topological polar surface area (TPSA) is 43.4 Å². The molecule has 4 nitrogen and oxygen atoms in total. The molecule has 0 saturated carbocycles. The van der Waals surface area contributed by atoms with E-state index in [0.717, 1.165) is 31.6 Å². The zero-order chi connectivity index (χ0) is 14.6. The highest BCUT2D eigenvalue weighted by Crippen LogP contribution is 2.22. The third-order valence-corrected chi connectivity index (χ3v) is 3.51. The first-order chi connectivity index (χ1) is 9.44. The van der Waals surface area contributed by atoms with Crippen LogP contribution in [0.1, 0.15) is 39.2 Å². The van der Waals surface area contributed by atoms with Crippen LogP contribution in [0.3, 0.4) is 0 Å². The Morgan fingerprint density at radius 3 is 2.75 bits per heavy atom. The number of ether oxygens (including phenoxy) is 2. The maximum absolute atomic E-state index is 6.19. The lowest BCUT2D eigenvalue weighted by Crippen LogP contribution is -2.35. The van der Waals surface area contributed by atoms with Gasteiger partial charge in [0.25, 0.3) is 0 Å². The van der Waals surface area contributed by atoms with Crippen molar-refractivity contribution in [2.45, 2.75) is 51.8 Å². The van der Waals surface area contributed by atoms with Crippen LogP contribution in [0, 0.1) is 0 Å². The van der Waals surface area contributed by atoms with Crippen LogP contribution < -0.4 is 10.1 Å². The molecule has 1 aliphatic heterocycles. The summed E-state index contributed by atoms with van der Waals surface area (Å²) >= 11 is 6.19. The number of hydrogen-bond acceptors (Lipinski definition) is 4. The monoisotopic (exact) mass is 298 g/mol. The van der Waals surface area contributed by atoms with Crippen LogP contribution >= 0.6 is 11.6 Å². The first-order valence-corrected chi connectivity index (χ1v) is 7.46. The zero-order valence-electron chi connectivity index (χ0n) is 12.4. The summed E-state index contributed by atoms with van der Waals surface area (Å²) in [6, 6.07) is 1.93. The van der Waals surface area contributed by atoms with Crippen molar-refractivity contribution in [2.75, 3.05) is 13.2 Å². The number of hydrogen-bond donors (Lipinski definition) is 1. The molecule has 2 rings (SSSR count). The summed E-state index contributed by atoms with van der Waals surface area (Å²) in [5, 5.41) is 4.09. The van der Waals surface area contributed by atoms with Crippen molar-refractivity contribution in [3.05, 3.63) is 22.8 Å². The van der Waals surface area contributed by atoms with Crippen LogP contribution in [0.15, 0.2) is 12.3 Å². The molecule has 1 N–H and O–H groups in total. The first kappa shape index (κ1) is 15.5. The molecule has 0 radical (unpaired) electrons. The number of nitrogens with one attached hydrogen (secondary N) is 1. The van der Waals surface area contributed by atoms with Crippen LogP contribution in [-0.2, 0) is 11.3 Å². The number of aromatic nitrogens is 1. The molecule has 0 aromatic carbocycles. The van der Waals surface area contributed by atoms with Crippen molar-refractivity contribution in [3.63, 3.8) is 0 Å². The summed E-state index contributed by atoms with van der Waals surface area (Å²) in [5.74, 6) is 0.645. The van der Waals surface area contributed by atoms with E-state index < -0.39 is 0 Å². The highest BCUT2D eigenvalue weighted by atomic mass is 35.5. The van der Waals surface area contributed by atoms with E-state index in [9.17, 15) is 0 Å². The Morgan fingerprint density at radius 1 is 1.40 bits per heavy atom. The lowest BCUT2D eigenvalue weighted by atomic mass is 10.1. The highest BCUT2D eigenvalue weighted by molar-refractivity contribution is 6.31. The van der Waals surface area contributed by atoms with Crippen LogP contribution in [0.2, 0.25) is 5.02 Å². The van der Waals surface area contributed by atoms with Crippen molar-refractivity contribution in [1.82, 2.24) is 10.3 Å². The lowest BCUT2D eigenvalue weighted by molar-refractivity contribution is 0.0237. The van der Waals surface area contributed by atoms with Crippen molar-refractivity contribution >= 4 is 11.6 Å². The predicted molar refractivity (Wildman–Crippen MR) is 80.3 cm³/mol. The maximum atomic E-state index is 6.19. The molecule has 20 heavy (non-hydrogen) atoms. The fourth-order valence-corrected chi connectivity index (χ4v) is 2.15. The molecular weight excluding hydrogens is 276 g/mol. The number of halogens is 1. The van der Waals surface area contributed by atoms with Crippen molar-refractivity contribution in [2.24, 2.45) is 0 Å². The molecule has 1 aromatic rings. The molecule has 1 saturated heterocycles. The Bertz CT molecular complexity index is 440. The van der Waals surface area contributed by atoms with Gasteiger partial charge in [0.1, 0.15) is 6.10 Å². The Morgan fingerprint density at radius 2 is 2.10 bits per heavy atom. The Hall–Kier alpha value is -0.840. The van der Waals surface area contributed by atoms with E-state index in [1.54, 1.807) is 6.20 Å². The smallest absolute Gasteiger partial charge is 0.213 e. The van der Waals surface area contributed by atoms with Gasteiger partial charge in [0.05, 0.1) is 18.2 Å². The minimum Gasteiger partial charge on any atom is -0.474 e. The molecule has 0 amide bonds. The van der Waals surface area contributed by atoms with Gasteiger partial charge in [0.2, 0.25) is 5.88 Å². The fourth-order valence-electron chi connectivity index (χ4n) is 1.98. The summed E-state index contributed by atoms with van der Waals surface area (Å²) in [7, 11) is 0. The van der Waals surface area contributed by atoms with Gasteiger partial charge in [-0.15, -0.1) is 0 Å². The van der Waals surface area contributed by atoms with Crippen LogP contribution in [-0.4, -0.2) is 29.8 Å². The third kappa shape index (κ3) is 4.93. The molecule has 1 fully saturated rings. The fraction of sp³-hybridized carbons (Fsp3) is 0.667. The summed E-state index contributed by atoms with van der Waals surface area (Å²) in [4.78, 5) is 4.25. The molecule has 0 unspecified atom stereocenters. The van der Waals surface area contributed by atoms with Crippen LogP contribution in [0.4, 0.5) is 0 Å². The van der Waals surface area contributed by atoms with E-state index in [-0.39, 0.29) is 11.6 Å². The molecular formula is C15H23ClN2O2. The van der Waals surface area contributed by atoms with E-state index in [0.29, 0.717) is 17.4 Å². The second kappa shape index (κ2) is 6.74. The molecule has 112 valence electrons. The average molecular weight is 299 g/mol. The van der Waals surface area contributed by atoms with Gasteiger partial charge in [0, 0.05) is 37.2 Å². The summed E-state index contributed by atoms with van der Waals surface area (Å²) in [5.41, 5.74) is 1.06. The van der Waals surface area contributed by atoms with Gasteiger partial charge in [-0.25, -0.2) is 4.98 Å². The number of nitrogens with zero attached hydrogens (tertiary/aromatic N) is 1. The van der Waals surface area contributed by atoms with Crippen LogP contribution in [0.5, 0.6) is 5.88 Å². The van der Waals surface area contributed by atoms with Crippen molar-refractivity contribution in [1.29, 1.82) is 0 Å². The molecule has 1 aliphatic rings. The molecule has 0 aliphatic carbocycles. The molecule has 2 heterocycles. The molecule has 5 heteroatoms. The zero-order valence-corrected chi connectivity index (χ0v) is 13.2. The van der Waals surface area contributed by atoms with E-state index in [2.05, 4.69) is 31.1 Å². The second-order valence-corrected chi connectivity index (χ2v) is 6.55. The Balaban J connectivity index is 1.99. The highest BCUT2D eigenvalue weighted by Gasteiger charge is 2.17. The average Bonchev–Trinajstić information content (AvgIpc) is 2.40. The van der Waals surface area contributed by atoms with Gasteiger partial charge in [-0.05, 0) is 26.3 Å². The molecule has 0 spiro atoms. The van der Waals surface area contributed by atoms with E-state index in [1.165, 1.54) is 0 Å². The van der Waals surface area contributed by atoms with Gasteiger partial charge >= 0.3 is 0 Å². The van der Waals surface area contributed by atoms with Crippen molar-refractivity contribution < 1.29 is 9.47 Å². The van der Waals surface area contributed by atoms with Gasteiger partial charge in [0.15, 0.2) is 0 Å². The Labute approximate surface area is 125 Å². The second-order valence-electron chi connectivity index (χ2n) is 6.15. The number of pyridine rings is 1. The maximum Gasteiger partial charge on any atom is 0.213 e. The largest absolute Gasteiger partial charge is 0.474 e. The van der Waals surface area contributed by atoms with Crippen molar-refractivity contribution in [3.8, 4) is 5.88 Å². The third-order valence-electron chi connectivity index (χ3n) is 3.17. The van der Waals surface area contributed by atoms with Gasteiger partial charge in [-0.1, -0.05) is 11.6 Å². The predicted octanol–water partition coefficient (Wildman–Crippen LogP) is 3.18. The van der Waals surface area contributed by atoms with Gasteiger partial charge < -0.3 is 14.8 Å². The first-order valence-electron chi connectivity index (χ1n) is 7.08. The normalized spacial score (nSPS) is 17.2. The number of rotatable bonds is 4. The molecule has 0 atom stereocenters. The van der Waals surface area contributed by atoms with E-state index in [4.69, 9.17) is 21.1 Å². The SMILES string of the molecule is CC(C)(C)NCc1cc(OC2CCOCC2)ncc1Cl. The van der Waals surface area contributed by atoms with Gasteiger partial charge in [-0.3, -0.25) is 0 Å². The Kier molecular flexibility index (Phi) is 5.24.